The van der Waals surface area contributed by atoms with E-state index in [9.17, 15) is 34.2 Å². The Morgan fingerprint density at radius 2 is 1.64 bits per heavy atom. The summed E-state index contributed by atoms with van der Waals surface area (Å²) in [6.45, 7) is 10.8. The molecular formula is C39H61NO16. The Morgan fingerprint density at radius 3 is 2.23 bits per heavy atom. The van der Waals surface area contributed by atoms with Crippen LogP contribution in [0.15, 0.2) is 12.2 Å². The van der Waals surface area contributed by atoms with E-state index in [0.717, 1.165) is 0 Å². The van der Waals surface area contributed by atoms with Crippen LogP contribution in [0.5, 0.6) is 0 Å². The van der Waals surface area contributed by atoms with Gasteiger partial charge >= 0.3 is 17.9 Å². The first-order chi connectivity index (χ1) is 26.3. The molecule has 0 spiro atoms. The molecule has 0 amide bonds. The van der Waals surface area contributed by atoms with E-state index in [1.54, 1.807) is 52.8 Å². The van der Waals surface area contributed by atoms with Crippen molar-refractivity contribution < 1.29 is 76.8 Å². The normalized spacial score (nSPS) is 42.7. The third-order valence-corrected chi connectivity index (χ3v) is 10.9. The molecule has 17 nitrogen and oxygen atoms in total. The second-order valence-electron chi connectivity index (χ2n) is 16.0. The average Bonchev–Trinajstić information content (AvgIpc) is 3.82. The number of aldehydes is 1. The summed E-state index contributed by atoms with van der Waals surface area (Å²) >= 11 is 0. The first kappa shape index (κ1) is 45.8. The van der Waals surface area contributed by atoms with E-state index in [1.165, 1.54) is 34.0 Å². The lowest BCUT2D eigenvalue weighted by Crippen LogP contribution is -2.66. The molecule has 0 aromatic carbocycles. The van der Waals surface area contributed by atoms with Crippen molar-refractivity contribution in [3.05, 3.63) is 12.2 Å². The predicted molar refractivity (Wildman–Crippen MR) is 195 cm³/mol. The number of hydrogen-bond acceptors (Lipinski definition) is 17. The highest BCUT2D eigenvalue weighted by molar-refractivity contribution is 5.91. The van der Waals surface area contributed by atoms with Crippen molar-refractivity contribution in [3.63, 3.8) is 0 Å². The van der Waals surface area contributed by atoms with Crippen LogP contribution in [0.1, 0.15) is 80.6 Å². The van der Waals surface area contributed by atoms with Crippen LogP contribution in [0.25, 0.3) is 0 Å². The Bertz CT molecular complexity index is 1400. The van der Waals surface area contributed by atoms with Gasteiger partial charge in [-0.05, 0) is 66.3 Å². The zero-order chi connectivity index (χ0) is 41.6. The summed E-state index contributed by atoms with van der Waals surface area (Å²) in [7, 11) is 4.80. The number of ether oxygens (including phenoxy) is 9. The Kier molecular flexibility index (Phi) is 16.1. The number of aliphatic hydroxyl groups is 2. The minimum Gasteiger partial charge on any atom is -0.462 e. The van der Waals surface area contributed by atoms with Gasteiger partial charge in [0.2, 0.25) is 0 Å². The zero-order valence-corrected chi connectivity index (χ0v) is 34.1. The van der Waals surface area contributed by atoms with E-state index in [4.69, 9.17) is 42.6 Å². The molecule has 0 bridgehead atoms. The maximum Gasteiger partial charge on any atom is 0.309 e. The van der Waals surface area contributed by atoms with Gasteiger partial charge in [0.05, 0.1) is 36.9 Å². The Morgan fingerprint density at radius 1 is 0.964 bits per heavy atom. The van der Waals surface area contributed by atoms with Crippen molar-refractivity contribution in [2.45, 2.75) is 172 Å². The van der Waals surface area contributed by atoms with Gasteiger partial charge < -0.3 is 62.5 Å². The van der Waals surface area contributed by atoms with Crippen LogP contribution in [-0.2, 0) is 66.6 Å². The van der Waals surface area contributed by atoms with Crippen LogP contribution in [-0.4, -0.2) is 158 Å². The number of esters is 3. The van der Waals surface area contributed by atoms with Gasteiger partial charge in [-0.3, -0.25) is 19.2 Å². The van der Waals surface area contributed by atoms with Crippen molar-refractivity contribution in [1.82, 2.24) is 4.90 Å². The molecule has 4 aliphatic rings. The zero-order valence-electron chi connectivity index (χ0n) is 34.1. The monoisotopic (exact) mass is 799 g/mol. The molecule has 318 valence electrons. The van der Waals surface area contributed by atoms with E-state index < -0.39 is 115 Å². The number of carbonyl (C=O) groups is 5. The molecule has 2 N–H and O–H groups in total. The Labute approximate surface area is 328 Å². The number of rotatable bonds is 10. The largest absolute Gasteiger partial charge is 0.462 e. The van der Waals surface area contributed by atoms with Crippen molar-refractivity contribution in [3.8, 4) is 0 Å². The van der Waals surface area contributed by atoms with Gasteiger partial charge in [-0.25, -0.2) is 0 Å². The van der Waals surface area contributed by atoms with Crippen LogP contribution < -0.4 is 0 Å². The Balaban J connectivity index is 1.67. The first-order valence-electron chi connectivity index (χ1n) is 19.3. The van der Waals surface area contributed by atoms with Gasteiger partial charge in [0, 0.05) is 46.1 Å². The predicted octanol–water partition coefficient (Wildman–Crippen LogP) is 1.41. The maximum atomic E-state index is 13.4. The van der Waals surface area contributed by atoms with Gasteiger partial charge in [-0.1, -0.05) is 6.92 Å². The lowest BCUT2D eigenvalue weighted by Gasteiger charge is -2.50. The number of nitrogens with zero attached hydrogens (tertiary/aromatic N) is 1. The average molecular weight is 800 g/mol. The molecule has 17 heteroatoms. The van der Waals surface area contributed by atoms with E-state index in [-0.39, 0.29) is 37.3 Å². The fourth-order valence-corrected chi connectivity index (χ4v) is 8.17. The summed E-state index contributed by atoms with van der Waals surface area (Å²) in [6.07, 6.45) is -8.14. The fraction of sp³-hybridized carbons (Fsp3) is 0.821. The highest BCUT2D eigenvalue weighted by atomic mass is 16.7. The van der Waals surface area contributed by atoms with Gasteiger partial charge in [-0.15, -0.1) is 0 Å². The standard InChI is InChI=1S/C39H61NO16/c1-19-15-25(13-14-41)35(36(48-10)29(52-23(5)42)17-30(45)49-20(2)16-28-27(54-28)12-11-26(19)44)56-38-33(46)32(40(8)9)34(21(3)51-38)55-31-18-39(7,47)37(22(4)50-31)53-24(6)43/h11-12,14,19-22,25,27-29,31-38,46-47H,13,15-18H2,1-10H3/t19?,20?,21?,22?,25?,27?,28?,29?,31?,32?,33?,34?,35?,36?,37?,38?,39-/m1/s1. The SMILES string of the molecule is COC1C(OC(C)=O)CC(=O)OC(C)CC2OC2C=CC(=O)C(C)CC(CC=O)C1OC1OC(C)C(OC2C[C@@](C)(O)C(OC(C)=O)C(C)O2)C(N(C)C)C1O. The number of epoxide rings is 1. The molecule has 17 atom stereocenters. The molecule has 16 unspecified atom stereocenters. The second-order valence-corrected chi connectivity index (χ2v) is 16.0. The molecule has 3 fully saturated rings. The minimum atomic E-state index is -1.50. The number of likely N-dealkylation sites (N-methyl/N-ethyl adjacent to an activating group) is 1. The van der Waals surface area contributed by atoms with Crippen LogP contribution in [0.2, 0.25) is 0 Å². The smallest absolute Gasteiger partial charge is 0.309 e. The molecule has 0 aliphatic carbocycles. The summed E-state index contributed by atoms with van der Waals surface area (Å²) < 4.78 is 53.6. The molecule has 0 saturated carbocycles. The summed E-state index contributed by atoms with van der Waals surface area (Å²) in [5, 5.41) is 23.2. The van der Waals surface area contributed by atoms with Crippen LogP contribution in [0, 0.1) is 11.8 Å². The molecule has 4 aliphatic heterocycles. The molecular weight excluding hydrogens is 738 g/mol. The van der Waals surface area contributed by atoms with Gasteiger partial charge in [0.15, 0.2) is 24.5 Å². The molecule has 4 heterocycles. The van der Waals surface area contributed by atoms with Crippen molar-refractivity contribution in [2.24, 2.45) is 11.8 Å². The number of hydrogen-bond donors (Lipinski definition) is 2. The Hall–Kier alpha value is -2.87. The number of fused-ring (bicyclic) bond motifs is 1. The number of cyclic esters (lactones) is 1. The van der Waals surface area contributed by atoms with E-state index in [0.29, 0.717) is 12.7 Å². The summed E-state index contributed by atoms with van der Waals surface area (Å²) in [4.78, 5) is 64.8. The highest BCUT2D eigenvalue weighted by Gasteiger charge is 2.53. The maximum absolute atomic E-state index is 13.4. The summed E-state index contributed by atoms with van der Waals surface area (Å²) in [5.74, 6) is -3.54. The fourth-order valence-electron chi connectivity index (χ4n) is 8.17. The number of carbonyl (C=O) groups excluding carboxylic acids is 5. The van der Waals surface area contributed by atoms with Crippen LogP contribution in [0.4, 0.5) is 0 Å². The summed E-state index contributed by atoms with van der Waals surface area (Å²) in [6, 6.07) is -0.796. The number of methoxy groups -OCH3 is 1. The van der Waals surface area contributed by atoms with Gasteiger partial charge in [0.25, 0.3) is 0 Å². The quantitative estimate of drug-likeness (QED) is 0.138. The minimum absolute atomic E-state index is 0.0568. The molecule has 0 radical (unpaired) electrons. The van der Waals surface area contributed by atoms with Crippen LogP contribution >= 0.6 is 0 Å². The van der Waals surface area contributed by atoms with Crippen molar-refractivity contribution in [1.29, 1.82) is 0 Å². The second kappa shape index (κ2) is 19.7. The number of ketones is 1. The number of aliphatic hydroxyl groups excluding tert-OH is 1. The topological polar surface area (TPSA) is 215 Å². The molecule has 4 rings (SSSR count). The van der Waals surface area contributed by atoms with Crippen LogP contribution in [0.3, 0.4) is 0 Å². The molecule has 0 aromatic heterocycles. The highest BCUT2D eigenvalue weighted by Crippen LogP contribution is 2.38. The lowest BCUT2D eigenvalue weighted by molar-refractivity contribution is -0.344. The first-order valence-corrected chi connectivity index (χ1v) is 19.3. The van der Waals surface area contributed by atoms with E-state index >= 15 is 0 Å². The third kappa shape index (κ3) is 11.9. The molecule has 3 saturated heterocycles. The number of allylic oxidation sites excluding steroid dienone is 1. The summed E-state index contributed by atoms with van der Waals surface area (Å²) in [5.41, 5.74) is -1.50. The molecule has 0 aromatic rings. The van der Waals surface area contributed by atoms with Crippen molar-refractivity contribution >= 4 is 30.0 Å². The van der Waals surface area contributed by atoms with E-state index in [1.807, 2.05) is 0 Å². The van der Waals surface area contributed by atoms with Crippen molar-refractivity contribution in [2.75, 3.05) is 21.2 Å². The van der Waals surface area contributed by atoms with Gasteiger partial charge in [0.1, 0.15) is 48.5 Å². The lowest BCUT2D eigenvalue weighted by atomic mass is 9.83. The molecule has 56 heavy (non-hydrogen) atoms. The van der Waals surface area contributed by atoms with Gasteiger partial charge in [-0.2, -0.15) is 0 Å². The van der Waals surface area contributed by atoms with E-state index in [2.05, 4.69) is 0 Å². The third-order valence-electron chi connectivity index (χ3n) is 10.9.